The lowest BCUT2D eigenvalue weighted by Gasteiger charge is -2.36. The molecule has 2 heterocycles. The Kier molecular flexibility index (Phi) is 5.30. The van der Waals surface area contributed by atoms with Crippen molar-refractivity contribution in [3.05, 3.63) is 65.3 Å². The molecule has 0 radical (unpaired) electrons. The van der Waals surface area contributed by atoms with E-state index in [1.54, 1.807) is 17.4 Å². The van der Waals surface area contributed by atoms with E-state index in [2.05, 4.69) is 28.1 Å². The number of hydrogen-bond donors (Lipinski definition) is 0. The molecule has 1 aliphatic carbocycles. The minimum atomic E-state index is -4.35. The number of anilines is 1. The van der Waals surface area contributed by atoms with E-state index in [0.29, 0.717) is 23.5 Å². The first-order valence-corrected chi connectivity index (χ1v) is 11.4. The molecule has 5 rings (SSSR count). The van der Waals surface area contributed by atoms with E-state index < -0.39 is 11.7 Å². The fraction of sp³-hybridized carbons (Fsp3) is 0.333. The number of hydrogen-bond acceptors (Lipinski definition) is 4. The molecule has 1 saturated carbocycles. The summed E-state index contributed by atoms with van der Waals surface area (Å²) in [6, 6.07) is 14.1. The van der Waals surface area contributed by atoms with Gasteiger partial charge in [-0.05, 0) is 55.3 Å². The van der Waals surface area contributed by atoms with Gasteiger partial charge in [0.05, 0.1) is 39.0 Å². The van der Waals surface area contributed by atoms with Crippen molar-refractivity contribution in [3.63, 3.8) is 0 Å². The lowest BCUT2D eigenvalue weighted by atomic mass is 9.93. The summed E-state index contributed by atoms with van der Waals surface area (Å²) in [6.45, 7) is 0.631. The van der Waals surface area contributed by atoms with Gasteiger partial charge in [-0.3, -0.25) is 4.98 Å². The highest BCUT2D eigenvalue weighted by Crippen LogP contribution is 2.33. The van der Waals surface area contributed by atoms with Gasteiger partial charge in [0, 0.05) is 17.1 Å². The monoisotopic (exact) mass is 441 g/mol. The average Bonchev–Trinajstić information content (AvgIpc) is 3.25. The van der Waals surface area contributed by atoms with Crippen LogP contribution in [0.5, 0.6) is 0 Å². The Balaban J connectivity index is 1.48. The van der Waals surface area contributed by atoms with Gasteiger partial charge < -0.3 is 4.90 Å². The van der Waals surface area contributed by atoms with Gasteiger partial charge in [-0.25, -0.2) is 4.98 Å². The van der Waals surface area contributed by atoms with Gasteiger partial charge in [-0.2, -0.15) is 13.2 Å². The maximum atomic E-state index is 13.0. The lowest BCUT2D eigenvalue weighted by Crippen LogP contribution is -2.36. The first kappa shape index (κ1) is 20.2. The number of aromatic nitrogens is 2. The molecule has 0 bridgehead atoms. The van der Waals surface area contributed by atoms with Crippen LogP contribution in [0.1, 0.15) is 43.4 Å². The highest BCUT2D eigenvalue weighted by Gasteiger charge is 2.30. The van der Waals surface area contributed by atoms with Crippen LogP contribution in [0.3, 0.4) is 0 Å². The molecule has 7 heteroatoms. The Morgan fingerprint density at radius 2 is 1.74 bits per heavy atom. The molecule has 31 heavy (non-hydrogen) atoms. The highest BCUT2D eigenvalue weighted by molar-refractivity contribution is 7.16. The zero-order valence-electron chi connectivity index (χ0n) is 16.9. The summed E-state index contributed by atoms with van der Waals surface area (Å²) in [7, 11) is 0. The smallest absolute Gasteiger partial charge is 0.363 e. The van der Waals surface area contributed by atoms with Crippen molar-refractivity contribution in [2.45, 2.75) is 50.9 Å². The number of rotatable bonds is 4. The van der Waals surface area contributed by atoms with Gasteiger partial charge in [0.25, 0.3) is 0 Å². The summed E-state index contributed by atoms with van der Waals surface area (Å²) in [5.41, 5.74) is 4.82. The van der Waals surface area contributed by atoms with Crippen LogP contribution in [-0.2, 0) is 12.7 Å². The summed E-state index contributed by atoms with van der Waals surface area (Å²) >= 11 is 1.63. The number of thiazole rings is 1. The van der Waals surface area contributed by atoms with Crippen LogP contribution in [-0.4, -0.2) is 16.0 Å². The number of fused-ring (bicyclic) bond motifs is 2. The number of halogens is 3. The Bertz CT molecular complexity index is 1210. The van der Waals surface area contributed by atoms with Gasteiger partial charge in [-0.1, -0.05) is 25.3 Å². The van der Waals surface area contributed by atoms with E-state index in [9.17, 15) is 13.2 Å². The maximum absolute atomic E-state index is 13.0. The van der Waals surface area contributed by atoms with Crippen molar-refractivity contribution in [2.24, 2.45) is 0 Å². The van der Waals surface area contributed by atoms with Crippen LogP contribution >= 0.6 is 11.3 Å². The molecule has 1 fully saturated rings. The molecule has 4 aromatic rings. The van der Waals surface area contributed by atoms with Crippen LogP contribution in [0.4, 0.5) is 18.9 Å². The van der Waals surface area contributed by atoms with Gasteiger partial charge in [-0.15, -0.1) is 11.3 Å². The number of alkyl halides is 3. The second kappa shape index (κ2) is 8.11. The van der Waals surface area contributed by atoms with Crippen molar-refractivity contribution in [1.29, 1.82) is 0 Å². The maximum Gasteiger partial charge on any atom is 0.416 e. The van der Waals surface area contributed by atoms with Crippen molar-refractivity contribution in [1.82, 2.24) is 9.97 Å². The Morgan fingerprint density at radius 1 is 0.935 bits per heavy atom. The predicted molar refractivity (Wildman–Crippen MR) is 119 cm³/mol. The fourth-order valence-electron chi connectivity index (χ4n) is 4.45. The Labute approximate surface area is 182 Å². The number of benzene rings is 2. The minimum Gasteiger partial charge on any atom is -0.363 e. The molecule has 2 aromatic carbocycles. The van der Waals surface area contributed by atoms with Crippen molar-refractivity contribution >= 4 is 38.1 Å². The van der Waals surface area contributed by atoms with Crippen molar-refractivity contribution < 1.29 is 13.2 Å². The summed E-state index contributed by atoms with van der Waals surface area (Å²) in [6.07, 6.45) is 1.64. The van der Waals surface area contributed by atoms with Gasteiger partial charge in [0.2, 0.25) is 0 Å². The second-order valence-electron chi connectivity index (χ2n) is 8.13. The topological polar surface area (TPSA) is 29.0 Å². The molecular formula is C24H22F3N3S. The molecule has 160 valence electrons. The summed E-state index contributed by atoms with van der Waals surface area (Å²) in [4.78, 5) is 11.5. The second-order valence-corrected chi connectivity index (χ2v) is 9.02. The Morgan fingerprint density at radius 3 is 2.55 bits per heavy atom. The average molecular weight is 442 g/mol. The normalized spacial score (nSPS) is 15.6. The zero-order chi connectivity index (χ0) is 21.4. The largest absolute Gasteiger partial charge is 0.416 e. The Hall–Kier alpha value is -2.67. The molecule has 0 saturated heterocycles. The van der Waals surface area contributed by atoms with E-state index in [1.807, 2.05) is 11.6 Å². The molecule has 0 N–H and O–H groups in total. The first-order valence-electron chi connectivity index (χ1n) is 10.5. The van der Waals surface area contributed by atoms with E-state index in [1.165, 1.54) is 31.4 Å². The molecule has 0 aliphatic heterocycles. The fourth-order valence-corrected chi connectivity index (χ4v) is 5.16. The van der Waals surface area contributed by atoms with Gasteiger partial charge in [0.15, 0.2) is 0 Å². The van der Waals surface area contributed by atoms with Crippen LogP contribution < -0.4 is 4.90 Å². The molecular weight excluding hydrogens is 419 g/mol. The lowest BCUT2D eigenvalue weighted by molar-refractivity contribution is -0.137. The van der Waals surface area contributed by atoms with Crippen LogP contribution in [0, 0.1) is 0 Å². The molecule has 3 nitrogen and oxygen atoms in total. The third-order valence-electron chi connectivity index (χ3n) is 6.07. The predicted octanol–water partition coefficient (Wildman–Crippen LogP) is 7.20. The van der Waals surface area contributed by atoms with Crippen LogP contribution in [0.2, 0.25) is 0 Å². The number of nitrogens with zero attached hydrogens (tertiary/aromatic N) is 3. The molecule has 0 unspecified atom stereocenters. The SMILES string of the molecule is FC(F)(F)c1ccc2nc(CN(c3ccc4ncsc4c3)C3CCCCC3)ccc2c1. The quantitative estimate of drug-likeness (QED) is 0.335. The standard InChI is InChI=1S/C24H22F3N3S/c25-24(26,27)17-7-10-21-16(12-17)6-8-18(29-21)14-30(19-4-2-1-3-5-19)20-9-11-22-23(13-20)31-15-28-22/h6-13,15,19H,1-5,14H2. The highest BCUT2D eigenvalue weighted by atomic mass is 32.1. The first-order chi connectivity index (χ1) is 15.0. The molecule has 2 aromatic heterocycles. The molecule has 0 amide bonds. The summed E-state index contributed by atoms with van der Waals surface area (Å²) in [5, 5.41) is 0.508. The number of pyridine rings is 1. The summed E-state index contributed by atoms with van der Waals surface area (Å²) < 4.78 is 40.2. The van der Waals surface area contributed by atoms with Crippen molar-refractivity contribution in [2.75, 3.05) is 4.90 Å². The molecule has 1 aliphatic rings. The van der Waals surface area contributed by atoms with Crippen molar-refractivity contribution in [3.8, 4) is 0 Å². The minimum absolute atomic E-state index is 0.434. The third kappa shape index (κ3) is 4.24. The van der Waals surface area contributed by atoms with E-state index in [0.717, 1.165) is 40.5 Å². The van der Waals surface area contributed by atoms with Gasteiger partial charge in [0.1, 0.15) is 0 Å². The van der Waals surface area contributed by atoms with Crippen LogP contribution in [0.15, 0.2) is 54.0 Å². The van der Waals surface area contributed by atoms with E-state index in [4.69, 9.17) is 4.98 Å². The zero-order valence-corrected chi connectivity index (χ0v) is 17.7. The molecule has 0 spiro atoms. The van der Waals surface area contributed by atoms with E-state index in [-0.39, 0.29) is 0 Å². The van der Waals surface area contributed by atoms with Gasteiger partial charge >= 0.3 is 6.18 Å². The van der Waals surface area contributed by atoms with E-state index >= 15 is 0 Å². The summed E-state index contributed by atoms with van der Waals surface area (Å²) in [5.74, 6) is 0. The van der Waals surface area contributed by atoms with Crippen LogP contribution in [0.25, 0.3) is 21.1 Å². The third-order valence-corrected chi connectivity index (χ3v) is 6.86. The molecule has 0 atom stereocenters.